The minimum absolute atomic E-state index is 0.0424. The Morgan fingerprint density at radius 2 is 1.91 bits per heavy atom. The monoisotopic (exact) mass is 463 g/mol. The number of hydrogen-bond acceptors (Lipinski definition) is 5. The van der Waals surface area contributed by atoms with E-state index in [0.29, 0.717) is 37.7 Å². The summed E-state index contributed by atoms with van der Waals surface area (Å²) in [7, 11) is 0. The summed E-state index contributed by atoms with van der Waals surface area (Å²) in [4.78, 5) is 17.5. The zero-order chi connectivity index (χ0) is 23.8. The summed E-state index contributed by atoms with van der Waals surface area (Å²) in [5.74, 6) is -0.494. The number of benzene rings is 1. The summed E-state index contributed by atoms with van der Waals surface area (Å²) in [5.41, 5.74) is 0.934. The Morgan fingerprint density at radius 1 is 1.18 bits per heavy atom. The fraction of sp³-hybridized carbons (Fsp3) is 0.478. The first-order valence-electron chi connectivity index (χ1n) is 11.1. The molecule has 3 heterocycles. The van der Waals surface area contributed by atoms with Crippen LogP contribution in [0, 0.1) is 0 Å². The van der Waals surface area contributed by atoms with Crippen molar-refractivity contribution in [3.05, 3.63) is 53.9 Å². The van der Waals surface area contributed by atoms with Gasteiger partial charge in [-0.2, -0.15) is 18.3 Å². The first-order chi connectivity index (χ1) is 15.6. The molecule has 2 aliphatic rings. The Kier molecular flexibility index (Phi) is 6.38. The average Bonchev–Trinajstić information content (AvgIpc) is 3.45. The molecular weight excluding hydrogens is 435 g/mol. The van der Waals surface area contributed by atoms with Crippen LogP contribution in [0.1, 0.15) is 41.4 Å². The van der Waals surface area contributed by atoms with Crippen LogP contribution in [0.3, 0.4) is 0 Å². The van der Waals surface area contributed by atoms with Gasteiger partial charge in [-0.1, -0.05) is 12.6 Å². The third kappa shape index (κ3) is 5.00. The average molecular weight is 464 g/mol. The number of alkyl halides is 3. The maximum absolute atomic E-state index is 13.3. The molecule has 0 bridgehead atoms. The summed E-state index contributed by atoms with van der Waals surface area (Å²) in [6.45, 7) is 10.3. The molecule has 2 aromatic rings. The number of rotatable bonds is 6. The molecule has 1 aromatic carbocycles. The largest absolute Gasteiger partial charge is 0.476 e. The number of piperazine rings is 1. The Hall–Kier alpha value is -3.01. The van der Waals surface area contributed by atoms with Gasteiger partial charge in [0.15, 0.2) is 5.69 Å². The van der Waals surface area contributed by atoms with E-state index in [1.54, 1.807) is 12.3 Å². The molecule has 0 radical (unpaired) electrons. The van der Waals surface area contributed by atoms with Gasteiger partial charge >= 0.3 is 12.1 Å². The quantitative estimate of drug-likeness (QED) is 0.703. The zero-order valence-corrected chi connectivity index (χ0v) is 18.6. The number of anilines is 1. The highest BCUT2D eigenvalue weighted by atomic mass is 19.4. The molecule has 33 heavy (non-hydrogen) atoms. The number of aromatic carboxylic acids is 1. The van der Waals surface area contributed by atoms with Crippen molar-refractivity contribution in [3.8, 4) is 0 Å². The van der Waals surface area contributed by atoms with Gasteiger partial charge in [-0.05, 0) is 43.5 Å². The van der Waals surface area contributed by atoms with E-state index >= 15 is 0 Å². The van der Waals surface area contributed by atoms with E-state index in [2.05, 4.69) is 26.4 Å². The van der Waals surface area contributed by atoms with Crippen LogP contribution >= 0.6 is 0 Å². The molecule has 178 valence electrons. The number of carbonyl (C=O) groups is 1. The van der Waals surface area contributed by atoms with Crippen molar-refractivity contribution in [1.82, 2.24) is 19.6 Å². The zero-order valence-electron chi connectivity index (χ0n) is 18.6. The highest BCUT2D eigenvalue weighted by molar-refractivity contribution is 5.85. The second-order valence-electron chi connectivity index (χ2n) is 8.68. The summed E-state index contributed by atoms with van der Waals surface area (Å²) in [5, 5.41) is 13.1. The Morgan fingerprint density at radius 3 is 2.52 bits per heavy atom. The smallest absolute Gasteiger partial charge is 0.416 e. The molecular formula is C23H28F3N5O2. The van der Waals surface area contributed by atoms with Crippen LogP contribution in [0.2, 0.25) is 0 Å². The normalized spacial score (nSPS) is 19.8. The maximum atomic E-state index is 13.3. The number of carboxylic acids is 1. The third-order valence-corrected chi connectivity index (χ3v) is 6.37. The molecule has 1 N–H and O–H groups in total. The van der Waals surface area contributed by atoms with Crippen molar-refractivity contribution in [1.29, 1.82) is 0 Å². The molecule has 1 atom stereocenters. The highest BCUT2D eigenvalue weighted by Crippen LogP contribution is 2.35. The molecule has 0 saturated carbocycles. The summed E-state index contributed by atoms with van der Waals surface area (Å²) < 4.78 is 41.4. The number of carboxylic acid groups (broad SMARTS) is 1. The van der Waals surface area contributed by atoms with E-state index in [1.807, 2.05) is 6.92 Å². The molecule has 10 heteroatoms. The number of halogens is 3. The minimum atomic E-state index is -4.36. The first kappa shape index (κ1) is 23.2. The van der Waals surface area contributed by atoms with Gasteiger partial charge in [0, 0.05) is 57.2 Å². The molecule has 2 aliphatic heterocycles. The van der Waals surface area contributed by atoms with Crippen molar-refractivity contribution in [2.24, 2.45) is 0 Å². The van der Waals surface area contributed by atoms with Gasteiger partial charge in [-0.25, -0.2) is 9.48 Å². The fourth-order valence-electron chi connectivity index (χ4n) is 4.64. The molecule has 0 unspecified atom stereocenters. The number of nitrogens with zero attached hydrogens (tertiary/aromatic N) is 5. The molecule has 0 aliphatic carbocycles. The van der Waals surface area contributed by atoms with Gasteiger partial charge in [0.2, 0.25) is 0 Å². The second-order valence-corrected chi connectivity index (χ2v) is 8.68. The van der Waals surface area contributed by atoms with Crippen molar-refractivity contribution in [2.45, 2.75) is 38.5 Å². The van der Waals surface area contributed by atoms with Crippen LogP contribution in [0.5, 0.6) is 0 Å². The number of aromatic nitrogens is 2. The van der Waals surface area contributed by atoms with Crippen LogP contribution in [-0.2, 0) is 12.7 Å². The molecule has 2 fully saturated rings. The summed E-state index contributed by atoms with van der Waals surface area (Å²) in [6.07, 6.45) is -0.801. The van der Waals surface area contributed by atoms with Crippen molar-refractivity contribution in [3.63, 3.8) is 0 Å². The second kappa shape index (κ2) is 9.09. The van der Waals surface area contributed by atoms with Gasteiger partial charge in [0.25, 0.3) is 0 Å². The van der Waals surface area contributed by atoms with Gasteiger partial charge < -0.3 is 14.9 Å². The SMILES string of the molecule is C=C(N1CCN(Cc2ccc(C(F)(F)F)cc2N2CCCC2)C[C@@H]1C)n1ccc(C(=O)O)n1. The summed E-state index contributed by atoms with van der Waals surface area (Å²) in [6, 6.07) is 5.59. The van der Waals surface area contributed by atoms with Crippen LogP contribution in [0.15, 0.2) is 37.0 Å². The van der Waals surface area contributed by atoms with Crippen LogP contribution in [0.25, 0.3) is 5.82 Å². The Labute approximate surface area is 190 Å². The van der Waals surface area contributed by atoms with Crippen molar-refractivity contribution >= 4 is 17.5 Å². The molecule has 7 nitrogen and oxygen atoms in total. The molecule has 1 aromatic heterocycles. The van der Waals surface area contributed by atoms with E-state index in [1.165, 1.54) is 22.9 Å². The molecule has 0 spiro atoms. The third-order valence-electron chi connectivity index (χ3n) is 6.37. The van der Waals surface area contributed by atoms with Crippen molar-refractivity contribution < 1.29 is 23.1 Å². The first-order valence-corrected chi connectivity index (χ1v) is 11.1. The minimum Gasteiger partial charge on any atom is -0.476 e. The standard InChI is InChI=1S/C23H28F3N5O2/c1-16-14-28(11-12-30(16)17(2)31-10-7-20(27-31)22(32)33)15-18-5-6-19(23(24,25)26)13-21(18)29-8-3-4-9-29/h5-7,10,13,16H,2-4,8-9,11-12,14-15H2,1H3,(H,32,33)/t16-/m0/s1. The Bertz CT molecular complexity index is 1030. The lowest BCUT2D eigenvalue weighted by Gasteiger charge is -2.42. The fourth-order valence-corrected chi connectivity index (χ4v) is 4.64. The molecule has 4 rings (SSSR count). The highest BCUT2D eigenvalue weighted by Gasteiger charge is 2.33. The Balaban J connectivity index is 1.46. The lowest BCUT2D eigenvalue weighted by atomic mass is 10.1. The van der Waals surface area contributed by atoms with E-state index in [0.717, 1.165) is 31.5 Å². The van der Waals surface area contributed by atoms with Gasteiger partial charge in [-0.3, -0.25) is 4.90 Å². The molecule has 0 amide bonds. The van der Waals surface area contributed by atoms with Gasteiger partial charge in [0.1, 0.15) is 5.82 Å². The van der Waals surface area contributed by atoms with E-state index in [9.17, 15) is 18.0 Å². The van der Waals surface area contributed by atoms with Crippen LogP contribution in [-0.4, -0.2) is 69.4 Å². The van der Waals surface area contributed by atoms with Crippen molar-refractivity contribution in [2.75, 3.05) is 37.6 Å². The van der Waals surface area contributed by atoms with Gasteiger partial charge in [0.05, 0.1) is 5.56 Å². The van der Waals surface area contributed by atoms with E-state index < -0.39 is 17.7 Å². The van der Waals surface area contributed by atoms with Crippen LogP contribution < -0.4 is 4.90 Å². The number of hydrogen-bond donors (Lipinski definition) is 1. The maximum Gasteiger partial charge on any atom is 0.416 e. The topological polar surface area (TPSA) is 64.8 Å². The predicted molar refractivity (Wildman–Crippen MR) is 119 cm³/mol. The molecule has 2 saturated heterocycles. The van der Waals surface area contributed by atoms with Crippen LogP contribution in [0.4, 0.5) is 18.9 Å². The lowest BCUT2D eigenvalue weighted by Crippen LogP contribution is -2.51. The van der Waals surface area contributed by atoms with E-state index in [4.69, 9.17) is 5.11 Å². The summed E-state index contributed by atoms with van der Waals surface area (Å²) >= 11 is 0. The van der Waals surface area contributed by atoms with E-state index in [-0.39, 0.29) is 11.7 Å². The predicted octanol–water partition coefficient (Wildman–Crippen LogP) is 3.83. The lowest BCUT2D eigenvalue weighted by molar-refractivity contribution is -0.137. The van der Waals surface area contributed by atoms with Gasteiger partial charge in [-0.15, -0.1) is 0 Å².